The summed E-state index contributed by atoms with van der Waals surface area (Å²) in [7, 11) is 0. The molecule has 0 spiro atoms. The monoisotopic (exact) mass is 359 g/mol. The van der Waals surface area contributed by atoms with Crippen molar-refractivity contribution in [1.29, 1.82) is 0 Å². The number of carboxylic acid groups (broad SMARTS) is 1. The van der Waals surface area contributed by atoms with Crippen LogP contribution in [0.3, 0.4) is 0 Å². The minimum Gasteiger partial charge on any atom is -0.476 e. The van der Waals surface area contributed by atoms with E-state index in [4.69, 9.17) is 5.11 Å². The summed E-state index contributed by atoms with van der Waals surface area (Å²) in [5.74, 6) is -1.08. The number of carbonyl (C=O) groups is 1. The van der Waals surface area contributed by atoms with E-state index < -0.39 is 5.97 Å². The molecule has 0 atom stereocenters. The second kappa shape index (κ2) is 4.58. The molecule has 0 fully saturated rings. The van der Waals surface area contributed by atoms with Crippen molar-refractivity contribution in [3.05, 3.63) is 38.5 Å². The van der Waals surface area contributed by atoms with Gasteiger partial charge in [0.25, 0.3) is 0 Å². The van der Waals surface area contributed by atoms with Crippen LogP contribution >= 0.6 is 31.9 Å². The van der Waals surface area contributed by atoms with Crippen LogP contribution < -0.4 is 0 Å². The van der Waals surface area contributed by atoms with Crippen LogP contribution in [0.15, 0.2) is 27.1 Å². The highest BCUT2D eigenvalue weighted by Gasteiger charge is 2.17. The molecule has 0 radical (unpaired) electrons. The highest BCUT2D eigenvalue weighted by atomic mass is 79.9. The number of rotatable bonds is 2. The van der Waals surface area contributed by atoms with Gasteiger partial charge in [-0.15, -0.1) is 5.10 Å². The van der Waals surface area contributed by atoms with Crippen molar-refractivity contribution < 1.29 is 9.90 Å². The highest BCUT2D eigenvalue weighted by molar-refractivity contribution is 9.11. The minimum absolute atomic E-state index is 0.0446. The topological polar surface area (TPSA) is 68.0 Å². The number of carboxylic acids is 1. The zero-order chi connectivity index (χ0) is 12.6. The first-order valence-corrected chi connectivity index (χ1v) is 6.20. The summed E-state index contributed by atoms with van der Waals surface area (Å²) in [6, 6.07) is 5.55. The second-order valence-electron chi connectivity index (χ2n) is 3.34. The van der Waals surface area contributed by atoms with Crippen LogP contribution in [-0.2, 0) is 0 Å². The van der Waals surface area contributed by atoms with Crippen LogP contribution in [0.1, 0.15) is 16.2 Å². The maximum Gasteiger partial charge on any atom is 0.358 e. The van der Waals surface area contributed by atoms with Gasteiger partial charge in [0.1, 0.15) is 0 Å². The van der Waals surface area contributed by atoms with Gasteiger partial charge in [0, 0.05) is 8.95 Å². The van der Waals surface area contributed by atoms with E-state index in [1.807, 2.05) is 18.2 Å². The quantitative estimate of drug-likeness (QED) is 0.894. The van der Waals surface area contributed by atoms with Crippen molar-refractivity contribution >= 4 is 37.8 Å². The Kier molecular flexibility index (Phi) is 3.30. The fourth-order valence-electron chi connectivity index (χ4n) is 1.40. The molecule has 5 nitrogen and oxygen atoms in total. The Labute approximate surface area is 114 Å². The zero-order valence-electron chi connectivity index (χ0n) is 8.69. The molecule has 0 saturated carbocycles. The first kappa shape index (κ1) is 12.3. The van der Waals surface area contributed by atoms with Crippen molar-refractivity contribution in [1.82, 2.24) is 15.0 Å². The van der Waals surface area contributed by atoms with E-state index in [9.17, 15) is 4.79 Å². The number of hydrogen-bond acceptors (Lipinski definition) is 3. The normalized spacial score (nSPS) is 10.5. The number of benzene rings is 1. The Balaban J connectivity index is 2.61. The molecule has 2 rings (SSSR count). The summed E-state index contributed by atoms with van der Waals surface area (Å²) in [5, 5.41) is 16.4. The first-order chi connectivity index (χ1) is 8.00. The maximum atomic E-state index is 10.9. The molecule has 88 valence electrons. The molecule has 2 aromatic rings. The van der Waals surface area contributed by atoms with Crippen LogP contribution in [0.2, 0.25) is 0 Å². The summed E-state index contributed by atoms with van der Waals surface area (Å²) in [6.45, 7) is 1.66. The highest BCUT2D eigenvalue weighted by Crippen LogP contribution is 2.25. The van der Waals surface area contributed by atoms with E-state index in [2.05, 4.69) is 42.2 Å². The van der Waals surface area contributed by atoms with Crippen molar-refractivity contribution in [3.8, 4) is 5.69 Å². The Bertz CT molecular complexity index is 595. The summed E-state index contributed by atoms with van der Waals surface area (Å²) < 4.78 is 3.17. The largest absolute Gasteiger partial charge is 0.476 e. The molecule has 0 unspecified atom stereocenters. The number of aromatic nitrogens is 3. The van der Waals surface area contributed by atoms with E-state index in [1.54, 1.807) is 6.92 Å². The van der Waals surface area contributed by atoms with Crippen LogP contribution in [-0.4, -0.2) is 26.1 Å². The van der Waals surface area contributed by atoms with Crippen LogP contribution in [0.25, 0.3) is 5.69 Å². The number of aromatic carboxylic acids is 1. The van der Waals surface area contributed by atoms with E-state index in [-0.39, 0.29) is 5.69 Å². The molecule has 0 aliphatic rings. The molecule has 1 aromatic heterocycles. The predicted octanol–water partition coefficient (Wildman–Crippen LogP) is 2.80. The number of hydrogen-bond donors (Lipinski definition) is 1. The van der Waals surface area contributed by atoms with Gasteiger partial charge in [0.2, 0.25) is 0 Å². The van der Waals surface area contributed by atoms with Gasteiger partial charge in [-0.25, -0.2) is 9.48 Å². The Morgan fingerprint density at radius 2 is 2.12 bits per heavy atom. The lowest BCUT2D eigenvalue weighted by Gasteiger charge is -2.06. The molecule has 7 heteroatoms. The third kappa shape index (κ3) is 2.25. The van der Waals surface area contributed by atoms with E-state index >= 15 is 0 Å². The molecule has 1 aromatic carbocycles. The van der Waals surface area contributed by atoms with Crippen LogP contribution in [0.4, 0.5) is 0 Å². The van der Waals surface area contributed by atoms with Gasteiger partial charge in [0.05, 0.1) is 11.4 Å². The van der Waals surface area contributed by atoms with E-state index in [1.165, 1.54) is 4.68 Å². The van der Waals surface area contributed by atoms with Crippen molar-refractivity contribution in [2.45, 2.75) is 6.92 Å². The second-order valence-corrected chi connectivity index (χ2v) is 5.11. The molecule has 0 bridgehead atoms. The number of halogens is 2. The van der Waals surface area contributed by atoms with Gasteiger partial charge in [0.15, 0.2) is 5.69 Å². The Morgan fingerprint density at radius 3 is 2.71 bits per heavy atom. The average Bonchev–Trinajstić information content (AvgIpc) is 2.64. The first-order valence-electron chi connectivity index (χ1n) is 4.61. The fourth-order valence-corrected chi connectivity index (χ4v) is 2.17. The summed E-state index contributed by atoms with van der Waals surface area (Å²) >= 11 is 6.75. The standard InChI is InChI=1S/C10H7Br2N3O2/c1-5-9(10(16)17)13-14-15(5)8-4-6(11)2-3-7(8)12/h2-4H,1H3,(H,16,17). The lowest BCUT2D eigenvalue weighted by molar-refractivity contribution is 0.0689. The van der Waals surface area contributed by atoms with Crippen LogP contribution in [0.5, 0.6) is 0 Å². The summed E-state index contributed by atoms with van der Waals surface area (Å²) in [4.78, 5) is 10.9. The molecule has 0 saturated heterocycles. The fraction of sp³-hybridized carbons (Fsp3) is 0.100. The molecule has 0 aliphatic carbocycles. The molecule has 0 amide bonds. The van der Waals surface area contributed by atoms with Gasteiger partial charge in [-0.3, -0.25) is 0 Å². The zero-order valence-corrected chi connectivity index (χ0v) is 11.9. The lowest BCUT2D eigenvalue weighted by atomic mass is 10.3. The Morgan fingerprint density at radius 1 is 1.41 bits per heavy atom. The smallest absolute Gasteiger partial charge is 0.358 e. The molecular formula is C10H7Br2N3O2. The summed E-state index contributed by atoms with van der Waals surface area (Å²) in [6.07, 6.45) is 0. The van der Waals surface area contributed by atoms with Gasteiger partial charge in [-0.2, -0.15) is 0 Å². The SMILES string of the molecule is Cc1c(C(=O)O)nnn1-c1cc(Br)ccc1Br. The minimum atomic E-state index is -1.08. The summed E-state index contributed by atoms with van der Waals surface area (Å²) in [5.41, 5.74) is 1.17. The van der Waals surface area contributed by atoms with Gasteiger partial charge < -0.3 is 5.11 Å². The average molecular weight is 361 g/mol. The van der Waals surface area contributed by atoms with Gasteiger partial charge in [-0.05, 0) is 41.1 Å². The van der Waals surface area contributed by atoms with Crippen molar-refractivity contribution in [2.24, 2.45) is 0 Å². The molecule has 17 heavy (non-hydrogen) atoms. The molecule has 1 N–H and O–H groups in total. The van der Waals surface area contributed by atoms with E-state index in [0.29, 0.717) is 5.69 Å². The van der Waals surface area contributed by atoms with Gasteiger partial charge in [-0.1, -0.05) is 21.1 Å². The maximum absolute atomic E-state index is 10.9. The van der Waals surface area contributed by atoms with Gasteiger partial charge >= 0.3 is 5.97 Å². The molecule has 1 heterocycles. The van der Waals surface area contributed by atoms with E-state index in [0.717, 1.165) is 14.6 Å². The van der Waals surface area contributed by atoms with Crippen molar-refractivity contribution in [3.63, 3.8) is 0 Å². The molecular weight excluding hydrogens is 354 g/mol. The predicted molar refractivity (Wildman–Crippen MR) is 68.5 cm³/mol. The Hall–Kier alpha value is -1.21. The number of nitrogens with zero attached hydrogens (tertiary/aromatic N) is 3. The third-order valence-corrected chi connectivity index (χ3v) is 3.40. The van der Waals surface area contributed by atoms with Crippen LogP contribution in [0, 0.1) is 6.92 Å². The molecule has 0 aliphatic heterocycles. The lowest BCUT2D eigenvalue weighted by Crippen LogP contribution is -2.03. The third-order valence-electron chi connectivity index (χ3n) is 2.23. The van der Waals surface area contributed by atoms with Crippen molar-refractivity contribution in [2.75, 3.05) is 0 Å².